The molecule has 5 N–H and O–H groups in total. The summed E-state index contributed by atoms with van der Waals surface area (Å²) in [5.74, 6) is -5.86. The minimum Gasteiger partial charge on any atom is -0.480 e. The number of carboxylic acids is 5. The van der Waals surface area contributed by atoms with Crippen molar-refractivity contribution >= 4 is 29.8 Å². The second kappa shape index (κ2) is 15.4. The van der Waals surface area contributed by atoms with Crippen LogP contribution in [-0.2, 0) is 50.2 Å². The molecule has 0 saturated carbocycles. The van der Waals surface area contributed by atoms with E-state index in [0.29, 0.717) is 22.8 Å². The van der Waals surface area contributed by atoms with Gasteiger partial charge in [0.1, 0.15) is 0 Å². The normalized spacial score (nSPS) is 11.2. The van der Waals surface area contributed by atoms with E-state index in [-0.39, 0.29) is 32.7 Å². The summed E-state index contributed by atoms with van der Waals surface area (Å²) in [5, 5.41) is 46.0. The zero-order valence-electron chi connectivity index (χ0n) is 22.7. The summed E-state index contributed by atoms with van der Waals surface area (Å²) in [6.07, 6.45) is 0. The van der Waals surface area contributed by atoms with E-state index in [1.54, 1.807) is 43.0 Å². The van der Waals surface area contributed by atoms with Gasteiger partial charge in [-0.2, -0.15) is 0 Å². The van der Waals surface area contributed by atoms with E-state index in [2.05, 4.69) is 9.97 Å². The number of hydrogen-bond donors (Lipinski definition) is 5. The van der Waals surface area contributed by atoms with E-state index in [4.69, 9.17) is 20.4 Å². The van der Waals surface area contributed by atoms with Crippen LogP contribution in [0.4, 0.5) is 0 Å². The Morgan fingerprint density at radius 1 is 0.488 bits per heavy atom. The topological polar surface area (TPSA) is 222 Å². The molecule has 2 rings (SSSR count). The first-order valence-corrected chi connectivity index (χ1v) is 12.4. The van der Waals surface area contributed by atoms with Crippen LogP contribution in [0.25, 0.3) is 0 Å². The average molecular weight is 576 g/mol. The third-order valence-corrected chi connectivity index (χ3v) is 5.49. The van der Waals surface area contributed by atoms with Gasteiger partial charge in [-0.3, -0.25) is 48.6 Å². The predicted octanol–water partition coefficient (Wildman–Crippen LogP) is 0.123. The van der Waals surface area contributed by atoms with E-state index in [1.807, 2.05) is 0 Å². The number of nitrogens with zero attached hydrogens (tertiary/aromatic N) is 5. The van der Waals surface area contributed by atoms with E-state index >= 15 is 0 Å². The van der Waals surface area contributed by atoms with Crippen molar-refractivity contribution in [2.24, 2.45) is 0 Å². The summed E-state index contributed by atoms with van der Waals surface area (Å²) in [4.78, 5) is 69.3. The smallest absolute Gasteiger partial charge is 0.317 e. The molecule has 2 heterocycles. The zero-order valence-corrected chi connectivity index (χ0v) is 22.7. The lowest BCUT2D eigenvalue weighted by Crippen LogP contribution is -2.34. The second-order valence-electron chi connectivity index (χ2n) is 9.66. The number of aromatic nitrogens is 2. The maximum Gasteiger partial charge on any atom is 0.317 e. The summed E-state index contributed by atoms with van der Waals surface area (Å²) < 4.78 is 0. The van der Waals surface area contributed by atoms with Gasteiger partial charge in [0.15, 0.2) is 0 Å². The number of pyridine rings is 2. The lowest BCUT2D eigenvalue weighted by atomic mass is 10.1. The molecule has 222 valence electrons. The maximum atomic E-state index is 11.6. The van der Waals surface area contributed by atoms with E-state index < -0.39 is 56.0 Å². The van der Waals surface area contributed by atoms with Crippen molar-refractivity contribution in [3.05, 3.63) is 58.2 Å². The lowest BCUT2D eigenvalue weighted by molar-refractivity contribution is -0.144. The van der Waals surface area contributed by atoms with Crippen molar-refractivity contribution in [2.75, 3.05) is 32.7 Å². The molecule has 2 aromatic heterocycles. The first kappa shape index (κ1) is 32.7. The molecule has 15 heteroatoms. The number of hydrogen-bond acceptors (Lipinski definition) is 10. The number of carbonyl (C=O) groups is 5. The third-order valence-electron chi connectivity index (χ3n) is 5.49. The van der Waals surface area contributed by atoms with E-state index in [9.17, 15) is 29.1 Å². The Kier molecular flexibility index (Phi) is 12.3. The maximum absolute atomic E-state index is 11.6. The van der Waals surface area contributed by atoms with Crippen molar-refractivity contribution in [1.29, 1.82) is 0 Å². The molecule has 2 aromatic rings. The highest BCUT2D eigenvalue weighted by atomic mass is 16.4. The van der Waals surface area contributed by atoms with Gasteiger partial charge in [0.25, 0.3) is 0 Å². The van der Waals surface area contributed by atoms with Crippen LogP contribution in [0.3, 0.4) is 0 Å². The Labute approximate surface area is 235 Å². The number of aryl methyl sites for hydroxylation is 2. The van der Waals surface area contributed by atoms with Gasteiger partial charge >= 0.3 is 29.8 Å². The number of aliphatic carboxylic acids is 5. The Morgan fingerprint density at radius 2 is 0.707 bits per heavy atom. The van der Waals surface area contributed by atoms with Gasteiger partial charge < -0.3 is 25.5 Å². The first-order chi connectivity index (χ1) is 19.2. The molecule has 0 saturated heterocycles. The molecular weight excluding hydrogens is 542 g/mol. The minimum atomic E-state index is -1.19. The average Bonchev–Trinajstić information content (AvgIpc) is 2.75. The van der Waals surface area contributed by atoms with Crippen LogP contribution in [0.5, 0.6) is 0 Å². The van der Waals surface area contributed by atoms with Gasteiger partial charge in [-0.25, -0.2) is 0 Å². The molecule has 15 nitrogen and oxygen atoms in total. The predicted molar refractivity (Wildman–Crippen MR) is 141 cm³/mol. The van der Waals surface area contributed by atoms with Crippen LogP contribution >= 0.6 is 0 Å². The molecular formula is C26H33N5O10. The van der Waals surface area contributed by atoms with Crippen molar-refractivity contribution < 1.29 is 49.5 Å². The molecule has 0 spiro atoms. The Bertz CT molecular complexity index is 1160. The van der Waals surface area contributed by atoms with Gasteiger partial charge in [0.2, 0.25) is 0 Å². The molecule has 0 aliphatic heterocycles. The molecule has 0 radical (unpaired) electrons. The number of rotatable bonds is 18. The Morgan fingerprint density at radius 3 is 0.951 bits per heavy atom. The molecule has 0 aromatic carbocycles. The highest BCUT2D eigenvalue weighted by Crippen LogP contribution is 2.15. The Hall–Kier alpha value is -4.47. The molecule has 0 aliphatic carbocycles. The SMILES string of the molecule is Cc1cc(CN(CC(=O)O)CC(=O)O)nc(CN(CC(=O)O)Cc2cc(C)cc(CN(CC(=O)O)CC(=O)O)n2)c1. The lowest BCUT2D eigenvalue weighted by Gasteiger charge is -2.22. The minimum absolute atomic E-state index is 0.0435. The molecule has 0 unspecified atom stereocenters. The Balaban J connectivity index is 2.28. The highest BCUT2D eigenvalue weighted by Gasteiger charge is 2.19. The van der Waals surface area contributed by atoms with Crippen LogP contribution in [-0.4, -0.2) is 113 Å². The van der Waals surface area contributed by atoms with E-state index in [0.717, 1.165) is 11.1 Å². The van der Waals surface area contributed by atoms with Crippen LogP contribution in [0.15, 0.2) is 24.3 Å². The fraction of sp³-hybridized carbons (Fsp3) is 0.423. The van der Waals surface area contributed by atoms with Gasteiger partial charge in [-0.05, 0) is 49.2 Å². The quantitative estimate of drug-likeness (QED) is 0.159. The summed E-state index contributed by atoms with van der Waals surface area (Å²) in [6, 6.07) is 6.86. The van der Waals surface area contributed by atoms with Crippen LogP contribution in [0.1, 0.15) is 33.9 Å². The van der Waals surface area contributed by atoms with Crippen LogP contribution in [0.2, 0.25) is 0 Å². The molecule has 0 aliphatic rings. The highest BCUT2D eigenvalue weighted by molar-refractivity contribution is 5.73. The number of carboxylic acid groups (broad SMARTS) is 5. The van der Waals surface area contributed by atoms with Crippen LogP contribution < -0.4 is 0 Å². The summed E-state index contributed by atoms with van der Waals surface area (Å²) in [5.41, 5.74) is 3.33. The molecule has 0 bridgehead atoms. The third kappa shape index (κ3) is 13.0. The standard InChI is InChI=1S/C26H33N5O10/c1-16-3-18(27-20(5-16)9-30(12-23(34)35)13-24(36)37)7-29(11-22(32)33)8-19-4-17(2)6-21(28-19)10-31(14-25(38)39)15-26(40)41/h3-6H,7-15H2,1-2H3,(H,32,33)(H,34,35)(H,36,37)(H,38,39)(H,40,41). The van der Waals surface area contributed by atoms with Crippen molar-refractivity contribution in [3.63, 3.8) is 0 Å². The molecule has 0 atom stereocenters. The second-order valence-corrected chi connectivity index (χ2v) is 9.66. The fourth-order valence-electron chi connectivity index (χ4n) is 4.33. The van der Waals surface area contributed by atoms with Gasteiger partial charge in [0.05, 0.1) is 55.5 Å². The largest absolute Gasteiger partial charge is 0.480 e. The molecule has 0 fully saturated rings. The summed E-state index contributed by atoms with van der Waals surface area (Å²) in [7, 11) is 0. The van der Waals surface area contributed by atoms with Gasteiger partial charge in [0, 0.05) is 26.2 Å². The van der Waals surface area contributed by atoms with Gasteiger partial charge in [-0.15, -0.1) is 0 Å². The van der Waals surface area contributed by atoms with Crippen LogP contribution in [0, 0.1) is 13.8 Å². The fourth-order valence-corrected chi connectivity index (χ4v) is 4.33. The van der Waals surface area contributed by atoms with Crippen molar-refractivity contribution in [3.8, 4) is 0 Å². The van der Waals surface area contributed by atoms with Crippen molar-refractivity contribution in [1.82, 2.24) is 24.7 Å². The summed E-state index contributed by atoms with van der Waals surface area (Å²) >= 11 is 0. The zero-order chi connectivity index (χ0) is 30.7. The molecule has 41 heavy (non-hydrogen) atoms. The van der Waals surface area contributed by atoms with E-state index in [1.165, 1.54) is 9.80 Å². The summed E-state index contributed by atoms with van der Waals surface area (Å²) in [6.45, 7) is 1.26. The van der Waals surface area contributed by atoms with Gasteiger partial charge in [-0.1, -0.05) is 0 Å². The van der Waals surface area contributed by atoms with Crippen molar-refractivity contribution in [2.45, 2.75) is 40.0 Å². The monoisotopic (exact) mass is 575 g/mol. The first-order valence-electron chi connectivity index (χ1n) is 12.4. The molecule has 0 amide bonds.